The summed E-state index contributed by atoms with van der Waals surface area (Å²) in [5, 5.41) is 0. The first-order valence-corrected chi connectivity index (χ1v) is 7.53. The van der Waals surface area contributed by atoms with Crippen LogP contribution in [0.1, 0.15) is 23.7 Å². The van der Waals surface area contributed by atoms with Gasteiger partial charge in [0.2, 0.25) is 0 Å². The summed E-state index contributed by atoms with van der Waals surface area (Å²) < 4.78 is 19.1. The second-order valence-corrected chi connectivity index (χ2v) is 5.14. The number of carbonyl (C=O) groups excluding carboxylic acids is 1. The third-order valence-electron chi connectivity index (χ3n) is 3.72. The van der Waals surface area contributed by atoms with Crippen LogP contribution >= 0.6 is 0 Å². The van der Waals surface area contributed by atoms with Gasteiger partial charge in [-0.25, -0.2) is 4.39 Å². The second kappa shape index (κ2) is 7.81. The molecule has 1 aliphatic heterocycles. The summed E-state index contributed by atoms with van der Waals surface area (Å²) in [6.07, 6.45) is 5.98. The summed E-state index contributed by atoms with van der Waals surface area (Å²) >= 11 is 0. The van der Waals surface area contributed by atoms with Crippen molar-refractivity contribution in [2.75, 3.05) is 39.3 Å². The molecule has 22 heavy (non-hydrogen) atoms. The Labute approximate surface area is 130 Å². The van der Waals surface area contributed by atoms with E-state index in [9.17, 15) is 9.18 Å². The largest absolute Gasteiger partial charge is 0.490 e. The number of piperazine rings is 1. The maximum Gasteiger partial charge on any atom is 0.257 e. The summed E-state index contributed by atoms with van der Waals surface area (Å²) in [6.45, 7) is 5.74. The van der Waals surface area contributed by atoms with Gasteiger partial charge >= 0.3 is 0 Å². The summed E-state index contributed by atoms with van der Waals surface area (Å²) in [5.41, 5.74) is 0.291. The Bertz CT molecular complexity index is 560. The fraction of sp³-hybridized carbons (Fsp3) is 0.471. The van der Waals surface area contributed by atoms with E-state index in [4.69, 9.17) is 11.2 Å². The topological polar surface area (TPSA) is 32.8 Å². The molecular weight excluding hydrogens is 283 g/mol. The third-order valence-corrected chi connectivity index (χ3v) is 3.72. The maximum atomic E-state index is 13.8. The predicted molar refractivity (Wildman–Crippen MR) is 83.4 cm³/mol. The first-order chi connectivity index (χ1) is 10.7. The molecular formula is C17H21FN2O2. The first-order valence-electron chi connectivity index (χ1n) is 7.53. The monoisotopic (exact) mass is 304 g/mol. The number of ether oxygens (including phenoxy) is 1. The number of halogens is 1. The minimum Gasteiger partial charge on any atom is -0.490 e. The molecule has 1 fully saturated rings. The average molecular weight is 304 g/mol. The van der Waals surface area contributed by atoms with Gasteiger partial charge in [0.25, 0.3) is 5.91 Å². The first kappa shape index (κ1) is 16.3. The Morgan fingerprint density at radius 1 is 1.36 bits per heavy atom. The molecule has 1 heterocycles. The molecule has 0 atom stereocenters. The van der Waals surface area contributed by atoms with Gasteiger partial charge in [0, 0.05) is 39.1 Å². The molecule has 118 valence electrons. The van der Waals surface area contributed by atoms with E-state index in [-0.39, 0.29) is 11.7 Å². The van der Waals surface area contributed by atoms with Gasteiger partial charge in [-0.2, -0.15) is 0 Å². The second-order valence-electron chi connectivity index (χ2n) is 5.14. The molecule has 0 N–H and O–H groups in total. The molecule has 4 nitrogen and oxygen atoms in total. The molecule has 0 aromatic heterocycles. The van der Waals surface area contributed by atoms with E-state index in [1.807, 2.05) is 0 Å². The molecule has 1 amide bonds. The lowest BCUT2D eigenvalue weighted by atomic mass is 10.1. The standard InChI is InChI=1S/C17H21FN2O2/c1-3-5-9-19-10-12-20(13-11-19)17(21)14-7-6-8-15(18)16(14)22-4-2/h1,6-8H,4-5,9-13H2,2H3. The number of hydrogen-bond donors (Lipinski definition) is 0. The summed E-state index contributed by atoms with van der Waals surface area (Å²) in [6, 6.07) is 4.45. The number of hydrogen-bond acceptors (Lipinski definition) is 3. The molecule has 0 bridgehead atoms. The number of benzene rings is 1. The van der Waals surface area contributed by atoms with Gasteiger partial charge in [-0.1, -0.05) is 6.07 Å². The average Bonchev–Trinajstić information content (AvgIpc) is 2.55. The zero-order valence-corrected chi connectivity index (χ0v) is 12.8. The summed E-state index contributed by atoms with van der Waals surface area (Å²) in [4.78, 5) is 16.6. The molecule has 1 aromatic carbocycles. The highest BCUT2D eigenvalue weighted by Crippen LogP contribution is 2.24. The van der Waals surface area contributed by atoms with Crippen LogP contribution in [-0.2, 0) is 0 Å². The smallest absolute Gasteiger partial charge is 0.257 e. The van der Waals surface area contributed by atoms with Crippen molar-refractivity contribution in [1.82, 2.24) is 9.80 Å². The Morgan fingerprint density at radius 3 is 2.73 bits per heavy atom. The van der Waals surface area contributed by atoms with Gasteiger partial charge in [0.15, 0.2) is 11.6 Å². The van der Waals surface area contributed by atoms with Crippen molar-refractivity contribution >= 4 is 5.91 Å². The van der Waals surface area contributed by atoms with Crippen molar-refractivity contribution in [2.24, 2.45) is 0 Å². The molecule has 1 aromatic rings. The van der Waals surface area contributed by atoms with E-state index in [1.54, 1.807) is 17.9 Å². The van der Waals surface area contributed by atoms with E-state index in [2.05, 4.69) is 10.8 Å². The predicted octanol–water partition coefficient (Wildman–Crippen LogP) is 2.01. The number of para-hydroxylation sites is 1. The van der Waals surface area contributed by atoms with Crippen LogP contribution in [0, 0.1) is 18.2 Å². The molecule has 1 saturated heterocycles. The fourth-order valence-corrected chi connectivity index (χ4v) is 2.54. The lowest BCUT2D eigenvalue weighted by Gasteiger charge is -2.34. The van der Waals surface area contributed by atoms with Crippen LogP contribution in [0.2, 0.25) is 0 Å². The highest BCUT2D eigenvalue weighted by molar-refractivity contribution is 5.97. The van der Waals surface area contributed by atoms with Crippen LogP contribution in [0.5, 0.6) is 5.75 Å². The van der Waals surface area contributed by atoms with Gasteiger partial charge in [-0.15, -0.1) is 12.3 Å². The molecule has 0 unspecified atom stereocenters. The van der Waals surface area contributed by atoms with Crippen molar-refractivity contribution in [3.05, 3.63) is 29.6 Å². The number of terminal acetylenes is 1. The highest BCUT2D eigenvalue weighted by Gasteiger charge is 2.25. The van der Waals surface area contributed by atoms with Crippen molar-refractivity contribution < 1.29 is 13.9 Å². The van der Waals surface area contributed by atoms with E-state index in [1.165, 1.54) is 12.1 Å². The molecule has 0 aliphatic carbocycles. The van der Waals surface area contributed by atoms with Crippen LogP contribution in [-0.4, -0.2) is 55.0 Å². The Morgan fingerprint density at radius 2 is 2.09 bits per heavy atom. The lowest BCUT2D eigenvalue weighted by Crippen LogP contribution is -2.48. The normalized spacial score (nSPS) is 15.4. The molecule has 0 spiro atoms. The molecule has 1 aliphatic rings. The third kappa shape index (κ3) is 3.77. The van der Waals surface area contributed by atoms with Crippen LogP contribution in [0.15, 0.2) is 18.2 Å². The molecule has 0 radical (unpaired) electrons. The maximum absolute atomic E-state index is 13.8. The van der Waals surface area contributed by atoms with Gasteiger partial charge in [0.05, 0.1) is 12.2 Å². The Balaban J connectivity index is 2.04. The van der Waals surface area contributed by atoms with Crippen molar-refractivity contribution in [3.63, 3.8) is 0 Å². The van der Waals surface area contributed by atoms with Crippen LogP contribution in [0.4, 0.5) is 4.39 Å². The highest BCUT2D eigenvalue weighted by atomic mass is 19.1. The van der Waals surface area contributed by atoms with Gasteiger partial charge in [-0.3, -0.25) is 9.69 Å². The number of nitrogens with zero attached hydrogens (tertiary/aromatic N) is 2. The van der Waals surface area contributed by atoms with Gasteiger partial charge in [0.1, 0.15) is 0 Å². The van der Waals surface area contributed by atoms with Crippen molar-refractivity contribution in [1.29, 1.82) is 0 Å². The molecule has 0 saturated carbocycles. The van der Waals surface area contributed by atoms with Gasteiger partial charge in [-0.05, 0) is 19.1 Å². The number of carbonyl (C=O) groups is 1. The minimum absolute atomic E-state index is 0.0461. The minimum atomic E-state index is -0.500. The van der Waals surface area contributed by atoms with E-state index >= 15 is 0 Å². The zero-order chi connectivity index (χ0) is 15.9. The van der Waals surface area contributed by atoms with Crippen LogP contribution in [0.3, 0.4) is 0 Å². The SMILES string of the molecule is C#CCCN1CCN(C(=O)c2cccc(F)c2OCC)CC1. The molecule has 5 heteroatoms. The summed E-state index contributed by atoms with van der Waals surface area (Å²) in [5.74, 6) is 1.99. The van der Waals surface area contributed by atoms with Crippen molar-refractivity contribution in [2.45, 2.75) is 13.3 Å². The van der Waals surface area contributed by atoms with Crippen LogP contribution in [0.25, 0.3) is 0 Å². The quantitative estimate of drug-likeness (QED) is 0.780. The van der Waals surface area contributed by atoms with E-state index < -0.39 is 5.82 Å². The molecule has 2 rings (SSSR count). The zero-order valence-electron chi connectivity index (χ0n) is 12.8. The summed E-state index contributed by atoms with van der Waals surface area (Å²) in [7, 11) is 0. The van der Waals surface area contributed by atoms with Gasteiger partial charge < -0.3 is 9.64 Å². The van der Waals surface area contributed by atoms with Crippen LogP contribution < -0.4 is 4.74 Å². The van der Waals surface area contributed by atoms with E-state index in [0.717, 1.165) is 19.6 Å². The lowest BCUT2D eigenvalue weighted by molar-refractivity contribution is 0.0635. The Kier molecular flexibility index (Phi) is 5.79. The number of rotatable bonds is 5. The fourth-order valence-electron chi connectivity index (χ4n) is 2.54. The van der Waals surface area contributed by atoms with Crippen molar-refractivity contribution in [3.8, 4) is 18.1 Å². The Hall–Kier alpha value is -2.06. The van der Waals surface area contributed by atoms with E-state index in [0.29, 0.717) is 31.7 Å². The number of amides is 1.